The Balaban J connectivity index is 1.51. The Labute approximate surface area is 217 Å². The second-order valence-corrected chi connectivity index (χ2v) is 9.13. The maximum absolute atomic E-state index is 6.28. The fourth-order valence-corrected chi connectivity index (χ4v) is 4.31. The second kappa shape index (κ2) is 11.2. The van der Waals surface area contributed by atoms with E-state index < -0.39 is 0 Å². The number of pyridine rings is 1. The van der Waals surface area contributed by atoms with Gasteiger partial charge in [-0.2, -0.15) is 10.1 Å². The highest BCUT2D eigenvalue weighted by molar-refractivity contribution is 5.97. The lowest BCUT2D eigenvalue weighted by Gasteiger charge is -2.13. The van der Waals surface area contributed by atoms with Crippen LogP contribution in [0.1, 0.15) is 30.0 Å². The first-order valence-electron chi connectivity index (χ1n) is 12.7. The summed E-state index contributed by atoms with van der Waals surface area (Å²) in [6, 6.07) is 28.4. The molecule has 0 unspecified atom stereocenters. The van der Waals surface area contributed by atoms with Crippen LogP contribution in [0.5, 0.6) is 11.8 Å². The quantitative estimate of drug-likeness (QED) is 0.229. The van der Waals surface area contributed by atoms with Crippen LogP contribution < -0.4 is 14.8 Å². The van der Waals surface area contributed by atoms with Crippen LogP contribution in [0, 0.1) is 6.92 Å². The van der Waals surface area contributed by atoms with E-state index in [0.717, 1.165) is 51.9 Å². The van der Waals surface area contributed by atoms with Crippen LogP contribution in [-0.4, -0.2) is 21.3 Å². The predicted molar refractivity (Wildman–Crippen MR) is 149 cm³/mol. The summed E-state index contributed by atoms with van der Waals surface area (Å²) < 4.78 is 14.2. The molecule has 0 bridgehead atoms. The van der Waals surface area contributed by atoms with Crippen LogP contribution in [0.25, 0.3) is 22.2 Å². The molecule has 0 radical (unpaired) electrons. The first kappa shape index (κ1) is 24.4. The minimum absolute atomic E-state index is 0.401. The molecule has 2 aromatic heterocycles. The Bertz CT molecular complexity index is 1480. The predicted octanol–water partition coefficient (Wildman–Crippen LogP) is 6.92. The average molecular weight is 493 g/mol. The third-order valence-corrected chi connectivity index (χ3v) is 6.30. The molecule has 0 saturated heterocycles. The number of anilines is 1. The molecule has 188 valence electrons. The number of fused-ring (bicyclic) bond motifs is 1. The molecule has 1 N–H and O–H groups in total. The zero-order chi connectivity index (χ0) is 25.6. The molecule has 0 fully saturated rings. The zero-order valence-corrected chi connectivity index (χ0v) is 21.6. The molecule has 37 heavy (non-hydrogen) atoms. The summed E-state index contributed by atoms with van der Waals surface area (Å²) in [5, 5.41) is 9.47. The standard InChI is InChI=1S/C31H32N4O2/c1-4-17-32-27-19-28-26(18-22(27)2)30(34-35(28)3)25-15-16-29(36-20-23-11-7-5-8-12-23)33-31(25)37-21-24-13-9-6-10-14-24/h5-16,18-19,32H,4,17,20-21H2,1-3H3. The number of aryl methyl sites for hydroxylation is 2. The van der Waals surface area contributed by atoms with Crippen LogP contribution in [0.15, 0.2) is 84.9 Å². The van der Waals surface area contributed by atoms with E-state index in [1.165, 1.54) is 5.56 Å². The Kier molecular flexibility index (Phi) is 7.36. The van der Waals surface area contributed by atoms with Crippen LogP contribution in [-0.2, 0) is 20.3 Å². The van der Waals surface area contributed by atoms with Crippen molar-refractivity contribution in [3.8, 4) is 23.0 Å². The number of rotatable bonds is 10. The van der Waals surface area contributed by atoms with Crippen molar-refractivity contribution in [2.24, 2.45) is 7.05 Å². The number of nitrogens with zero attached hydrogens (tertiary/aromatic N) is 3. The van der Waals surface area contributed by atoms with Crippen LogP contribution >= 0.6 is 0 Å². The molecule has 0 spiro atoms. The normalized spacial score (nSPS) is 11.0. The van der Waals surface area contributed by atoms with Gasteiger partial charge >= 0.3 is 0 Å². The molecule has 6 nitrogen and oxygen atoms in total. The highest BCUT2D eigenvalue weighted by atomic mass is 16.5. The smallest absolute Gasteiger partial charge is 0.226 e. The van der Waals surface area contributed by atoms with Crippen molar-refractivity contribution in [2.45, 2.75) is 33.5 Å². The monoisotopic (exact) mass is 492 g/mol. The van der Waals surface area contributed by atoms with Gasteiger partial charge in [0.15, 0.2) is 0 Å². The molecule has 5 rings (SSSR count). The van der Waals surface area contributed by atoms with Gasteiger partial charge in [-0.3, -0.25) is 4.68 Å². The topological polar surface area (TPSA) is 61.2 Å². The number of aromatic nitrogens is 3. The molecular weight excluding hydrogens is 460 g/mol. The van der Waals surface area contributed by atoms with Crippen molar-refractivity contribution in [1.82, 2.24) is 14.8 Å². The lowest BCUT2D eigenvalue weighted by molar-refractivity contribution is 0.268. The molecular formula is C31H32N4O2. The van der Waals surface area contributed by atoms with E-state index in [2.05, 4.69) is 31.3 Å². The van der Waals surface area contributed by atoms with Crippen molar-refractivity contribution in [1.29, 1.82) is 0 Å². The van der Waals surface area contributed by atoms with E-state index in [4.69, 9.17) is 19.6 Å². The molecule has 0 aliphatic rings. The summed E-state index contributed by atoms with van der Waals surface area (Å²) in [6.07, 6.45) is 1.07. The van der Waals surface area contributed by atoms with Gasteiger partial charge in [-0.1, -0.05) is 67.6 Å². The summed E-state index contributed by atoms with van der Waals surface area (Å²) in [4.78, 5) is 4.77. The van der Waals surface area contributed by atoms with Crippen LogP contribution in [0.2, 0.25) is 0 Å². The fraction of sp³-hybridized carbons (Fsp3) is 0.226. The first-order valence-corrected chi connectivity index (χ1v) is 12.7. The molecule has 0 amide bonds. The first-order chi connectivity index (χ1) is 18.1. The van der Waals surface area contributed by atoms with E-state index in [0.29, 0.717) is 25.0 Å². The van der Waals surface area contributed by atoms with E-state index in [9.17, 15) is 0 Å². The SMILES string of the molecule is CCCNc1cc2c(cc1C)c(-c1ccc(OCc3ccccc3)nc1OCc1ccccc1)nn2C. The Morgan fingerprint density at radius 2 is 1.51 bits per heavy atom. The largest absolute Gasteiger partial charge is 0.473 e. The van der Waals surface area contributed by atoms with Crippen molar-refractivity contribution < 1.29 is 9.47 Å². The van der Waals surface area contributed by atoms with Gasteiger partial charge in [0.1, 0.15) is 18.9 Å². The number of benzene rings is 3. The highest BCUT2D eigenvalue weighted by Crippen LogP contribution is 2.37. The molecule has 6 heteroatoms. The number of ether oxygens (including phenoxy) is 2. The van der Waals surface area contributed by atoms with Crippen molar-refractivity contribution in [3.63, 3.8) is 0 Å². The van der Waals surface area contributed by atoms with E-state index in [-0.39, 0.29) is 0 Å². The van der Waals surface area contributed by atoms with E-state index in [1.807, 2.05) is 84.5 Å². The lowest BCUT2D eigenvalue weighted by Crippen LogP contribution is -2.03. The van der Waals surface area contributed by atoms with Gasteiger partial charge in [-0.05, 0) is 48.2 Å². The summed E-state index contributed by atoms with van der Waals surface area (Å²) in [5.74, 6) is 1.01. The van der Waals surface area contributed by atoms with E-state index in [1.54, 1.807) is 0 Å². The molecule has 0 atom stereocenters. The average Bonchev–Trinajstić information content (AvgIpc) is 3.25. The molecule has 0 aliphatic heterocycles. The summed E-state index contributed by atoms with van der Waals surface area (Å²) >= 11 is 0. The van der Waals surface area contributed by atoms with Gasteiger partial charge in [0.25, 0.3) is 0 Å². The molecule has 5 aromatic rings. The molecule has 0 saturated carbocycles. The Morgan fingerprint density at radius 3 is 2.19 bits per heavy atom. The maximum atomic E-state index is 6.28. The van der Waals surface area contributed by atoms with Gasteiger partial charge in [-0.25, -0.2) is 0 Å². The van der Waals surface area contributed by atoms with Gasteiger partial charge < -0.3 is 14.8 Å². The molecule has 0 aliphatic carbocycles. The Morgan fingerprint density at radius 1 is 0.838 bits per heavy atom. The summed E-state index contributed by atoms with van der Waals surface area (Å²) in [5.41, 5.74) is 7.19. The van der Waals surface area contributed by atoms with Crippen LogP contribution in [0.3, 0.4) is 0 Å². The summed E-state index contributed by atoms with van der Waals surface area (Å²) in [6.45, 7) is 6.06. The second-order valence-electron chi connectivity index (χ2n) is 9.13. The van der Waals surface area contributed by atoms with Crippen LogP contribution in [0.4, 0.5) is 5.69 Å². The van der Waals surface area contributed by atoms with Gasteiger partial charge in [0.2, 0.25) is 11.8 Å². The highest BCUT2D eigenvalue weighted by Gasteiger charge is 2.19. The number of hydrogen-bond acceptors (Lipinski definition) is 5. The van der Waals surface area contributed by atoms with Gasteiger partial charge in [0, 0.05) is 30.7 Å². The van der Waals surface area contributed by atoms with Gasteiger partial charge in [-0.15, -0.1) is 0 Å². The molecule has 3 aromatic carbocycles. The zero-order valence-electron chi connectivity index (χ0n) is 21.6. The van der Waals surface area contributed by atoms with Crippen molar-refractivity contribution in [2.75, 3.05) is 11.9 Å². The lowest BCUT2D eigenvalue weighted by atomic mass is 10.1. The third kappa shape index (κ3) is 5.59. The Hall–Kier alpha value is -4.32. The number of nitrogens with one attached hydrogen (secondary N) is 1. The molecule has 2 heterocycles. The maximum Gasteiger partial charge on any atom is 0.226 e. The minimum Gasteiger partial charge on any atom is -0.473 e. The third-order valence-electron chi connectivity index (χ3n) is 6.30. The van der Waals surface area contributed by atoms with Crippen molar-refractivity contribution in [3.05, 3.63) is 102 Å². The fourth-order valence-electron chi connectivity index (χ4n) is 4.31. The number of hydrogen-bond donors (Lipinski definition) is 1. The minimum atomic E-state index is 0.401. The summed E-state index contributed by atoms with van der Waals surface area (Å²) in [7, 11) is 1.97. The van der Waals surface area contributed by atoms with Gasteiger partial charge in [0.05, 0.1) is 11.1 Å². The van der Waals surface area contributed by atoms with E-state index >= 15 is 0 Å². The van der Waals surface area contributed by atoms with Crippen molar-refractivity contribution >= 4 is 16.6 Å².